The van der Waals surface area contributed by atoms with E-state index in [1.165, 1.54) is 25.7 Å². The van der Waals surface area contributed by atoms with Crippen molar-refractivity contribution in [3.05, 3.63) is 0 Å². The fraction of sp³-hybridized carbons (Fsp3) is 0.933. The average Bonchev–Trinajstić information content (AvgIpc) is 2.72. The molecule has 0 aromatic carbocycles. The Morgan fingerprint density at radius 3 is 2.59 bits per heavy atom. The summed E-state index contributed by atoms with van der Waals surface area (Å²) in [5.74, 6) is 1.25. The van der Waals surface area contributed by atoms with Gasteiger partial charge in [-0.2, -0.15) is 0 Å². The number of fused-ring (bicyclic) bond motifs is 1. The summed E-state index contributed by atoms with van der Waals surface area (Å²) in [6.45, 7) is 6.85. The summed E-state index contributed by atoms with van der Waals surface area (Å²) in [5, 5.41) is 9.58. The van der Waals surface area contributed by atoms with Crippen molar-refractivity contribution in [2.24, 2.45) is 34.5 Å². The Balaban J connectivity index is 2.06. The fourth-order valence-corrected chi connectivity index (χ4v) is 5.99. The van der Waals surface area contributed by atoms with Crippen molar-refractivity contribution in [3.63, 3.8) is 0 Å². The largest absolute Gasteiger partial charge is 0.481 e. The highest BCUT2D eigenvalue weighted by Gasteiger charge is 2.65. The molecule has 0 saturated heterocycles. The van der Waals surface area contributed by atoms with Gasteiger partial charge in [-0.3, -0.25) is 4.79 Å². The van der Waals surface area contributed by atoms with Crippen molar-refractivity contribution in [1.82, 2.24) is 0 Å². The number of aliphatic carboxylic acids is 1. The molecule has 0 radical (unpaired) electrons. The fourth-order valence-electron chi connectivity index (χ4n) is 5.99. The van der Waals surface area contributed by atoms with Gasteiger partial charge >= 0.3 is 5.97 Å². The number of hydrogen-bond donors (Lipinski definition) is 1. The van der Waals surface area contributed by atoms with Gasteiger partial charge in [0.2, 0.25) is 0 Å². The Kier molecular flexibility index (Phi) is 2.22. The monoisotopic (exact) mass is 236 g/mol. The van der Waals surface area contributed by atoms with E-state index in [-0.39, 0.29) is 11.3 Å². The maximum absolute atomic E-state index is 11.6. The minimum Gasteiger partial charge on any atom is -0.481 e. The first-order valence-electron chi connectivity index (χ1n) is 7.12. The molecule has 3 saturated carbocycles. The summed E-state index contributed by atoms with van der Waals surface area (Å²) in [5.41, 5.74) is 0.496. The summed E-state index contributed by atoms with van der Waals surface area (Å²) in [4.78, 5) is 11.6. The molecule has 2 nitrogen and oxygen atoms in total. The summed E-state index contributed by atoms with van der Waals surface area (Å²) in [6, 6.07) is 0. The van der Waals surface area contributed by atoms with E-state index in [9.17, 15) is 9.90 Å². The SMILES string of the molecule is CC1CCC2C(C)(C)C(C(=O)O)C3CCC12C3. The van der Waals surface area contributed by atoms with Crippen molar-refractivity contribution < 1.29 is 9.90 Å². The Bertz CT molecular complexity index is 360. The predicted octanol–water partition coefficient (Wildman–Crippen LogP) is 3.56. The van der Waals surface area contributed by atoms with Gasteiger partial charge in [0.15, 0.2) is 0 Å². The Morgan fingerprint density at radius 1 is 1.24 bits per heavy atom. The number of rotatable bonds is 1. The molecule has 0 aromatic rings. The van der Waals surface area contributed by atoms with E-state index < -0.39 is 5.97 Å². The normalized spacial score (nSPS) is 51.2. The first-order valence-corrected chi connectivity index (χ1v) is 7.12. The van der Waals surface area contributed by atoms with Gasteiger partial charge in [-0.15, -0.1) is 0 Å². The second kappa shape index (κ2) is 3.27. The minimum absolute atomic E-state index is 0.00396. The lowest BCUT2D eigenvalue weighted by molar-refractivity contribution is -0.157. The first-order chi connectivity index (χ1) is 7.89. The topological polar surface area (TPSA) is 37.3 Å². The van der Waals surface area contributed by atoms with Crippen molar-refractivity contribution in [1.29, 1.82) is 0 Å². The van der Waals surface area contributed by atoms with Gasteiger partial charge in [-0.05, 0) is 60.7 Å². The zero-order chi connectivity index (χ0) is 12.4. The first kappa shape index (κ1) is 11.6. The van der Waals surface area contributed by atoms with E-state index >= 15 is 0 Å². The molecule has 5 atom stereocenters. The van der Waals surface area contributed by atoms with E-state index in [1.807, 2.05) is 0 Å². The summed E-state index contributed by atoms with van der Waals surface area (Å²) in [6.07, 6.45) is 6.20. The Labute approximate surface area is 104 Å². The Morgan fingerprint density at radius 2 is 1.94 bits per heavy atom. The van der Waals surface area contributed by atoms with Crippen LogP contribution in [0.2, 0.25) is 0 Å². The molecule has 2 bridgehead atoms. The van der Waals surface area contributed by atoms with Crippen LogP contribution in [0.1, 0.15) is 52.9 Å². The van der Waals surface area contributed by atoms with Gasteiger partial charge in [-0.1, -0.05) is 20.8 Å². The number of hydrogen-bond acceptors (Lipinski definition) is 1. The molecule has 3 fully saturated rings. The van der Waals surface area contributed by atoms with Crippen molar-refractivity contribution in [2.45, 2.75) is 52.9 Å². The second-order valence-corrected chi connectivity index (χ2v) is 7.40. The van der Waals surface area contributed by atoms with Crippen LogP contribution in [-0.2, 0) is 4.79 Å². The van der Waals surface area contributed by atoms with Gasteiger partial charge < -0.3 is 5.11 Å². The van der Waals surface area contributed by atoms with Gasteiger partial charge in [-0.25, -0.2) is 0 Å². The molecule has 0 aromatic heterocycles. The number of carbonyl (C=O) groups is 1. The van der Waals surface area contributed by atoms with Gasteiger partial charge in [0, 0.05) is 0 Å². The second-order valence-electron chi connectivity index (χ2n) is 7.40. The molecule has 5 unspecified atom stereocenters. The molecule has 17 heavy (non-hydrogen) atoms. The maximum atomic E-state index is 11.6. The standard InChI is InChI=1S/C15H24O2/c1-9-4-5-11-14(2,3)12(13(16)17)10-6-7-15(9,11)8-10/h9-12H,4-8H2,1-3H3,(H,16,17). The predicted molar refractivity (Wildman–Crippen MR) is 66.6 cm³/mol. The molecule has 96 valence electrons. The summed E-state index contributed by atoms with van der Waals surface area (Å²) in [7, 11) is 0. The third-order valence-corrected chi connectivity index (χ3v) is 6.62. The van der Waals surface area contributed by atoms with E-state index in [0.717, 1.165) is 12.3 Å². The van der Waals surface area contributed by atoms with Crippen LogP contribution in [0, 0.1) is 34.5 Å². The third kappa shape index (κ3) is 1.25. The average molecular weight is 236 g/mol. The molecular weight excluding hydrogens is 212 g/mol. The van der Waals surface area contributed by atoms with Crippen LogP contribution in [-0.4, -0.2) is 11.1 Å². The molecule has 3 aliphatic carbocycles. The molecular formula is C15H24O2. The van der Waals surface area contributed by atoms with E-state index in [4.69, 9.17) is 0 Å². The van der Waals surface area contributed by atoms with Crippen LogP contribution < -0.4 is 0 Å². The van der Waals surface area contributed by atoms with Crippen LogP contribution in [0.4, 0.5) is 0 Å². The van der Waals surface area contributed by atoms with E-state index in [2.05, 4.69) is 20.8 Å². The molecule has 3 aliphatic rings. The van der Waals surface area contributed by atoms with E-state index in [1.54, 1.807) is 0 Å². The molecule has 0 aliphatic heterocycles. The lowest BCUT2D eigenvalue weighted by atomic mass is 9.52. The molecule has 2 heteroatoms. The van der Waals surface area contributed by atoms with Gasteiger partial charge in [0.1, 0.15) is 0 Å². The van der Waals surface area contributed by atoms with Crippen LogP contribution in [0.5, 0.6) is 0 Å². The zero-order valence-corrected chi connectivity index (χ0v) is 11.2. The minimum atomic E-state index is -0.546. The highest BCUT2D eigenvalue weighted by atomic mass is 16.4. The third-order valence-electron chi connectivity index (χ3n) is 6.62. The lowest BCUT2D eigenvalue weighted by Gasteiger charge is -2.52. The zero-order valence-electron chi connectivity index (χ0n) is 11.2. The van der Waals surface area contributed by atoms with Crippen LogP contribution in [0.25, 0.3) is 0 Å². The van der Waals surface area contributed by atoms with Crippen molar-refractivity contribution in [3.8, 4) is 0 Å². The number of carboxylic acid groups (broad SMARTS) is 1. The highest BCUT2D eigenvalue weighted by molar-refractivity contribution is 5.72. The Hall–Kier alpha value is -0.530. The maximum Gasteiger partial charge on any atom is 0.307 e. The lowest BCUT2D eigenvalue weighted by Crippen LogP contribution is -2.50. The van der Waals surface area contributed by atoms with Gasteiger partial charge in [0.05, 0.1) is 5.92 Å². The molecule has 0 heterocycles. The molecule has 3 rings (SSSR count). The summed E-state index contributed by atoms with van der Waals surface area (Å²) < 4.78 is 0. The van der Waals surface area contributed by atoms with Crippen LogP contribution in [0.15, 0.2) is 0 Å². The van der Waals surface area contributed by atoms with Crippen molar-refractivity contribution >= 4 is 5.97 Å². The smallest absolute Gasteiger partial charge is 0.307 e. The van der Waals surface area contributed by atoms with Crippen LogP contribution >= 0.6 is 0 Å². The van der Waals surface area contributed by atoms with E-state index in [0.29, 0.717) is 17.3 Å². The quantitative estimate of drug-likeness (QED) is 0.756. The summed E-state index contributed by atoms with van der Waals surface area (Å²) >= 11 is 0. The molecule has 1 N–H and O–H groups in total. The molecule has 1 spiro atoms. The van der Waals surface area contributed by atoms with Crippen LogP contribution in [0.3, 0.4) is 0 Å². The number of carboxylic acids is 1. The van der Waals surface area contributed by atoms with Gasteiger partial charge in [0.25, 0.3) is 0 Å². The highest BCUT2D eigenvalue weighted by Crippen LogP contribution is 2.70. The van der Waals surface area contributed by atoms with Crippen molar-refractivity contribution in [2.75, 3.05) is 0 Å². The molecule has 0 amide bonds.